The van der Waals surface area contributed by atoms with Crippen LogP contribution in [0.15, 0.2) is 36.7 Å². The van der Waals surface area contributed by atoms with Gasteiger partial charge in [-0.25, -0.2) is 0 Å². The van der Waals surface area contributed by atoms with Crippen LogP contribution in [0.5, 0.6) is 0 Å². The van der Waals surface area contributed by atoms with Gasteiger partial charge in [0.05, 0.1) is 11.3 Å². The van der Waals surface area contributed by atoms with Crippen LogP contribution in [0.25, 0.3) is 0 Å². The van der Waals surface area contributed by atoms with Gasteiger partial charge < -0.3 is 9.80 Å². The number of aryl methyl sites for hydroxylation is 1. The molecule has 0 atom stereocenters. The molecule has 2 aliphatic heterocycles. The van der Waals surface area contributed by atoms with E-state index in [1.165, 1.54) is 0 Å². The van der Waals surface area contributed by atoms with Crippen molar-refractivity contribution < 1.29 is 4.79 Å². The average Bonchev–Trinajstić information content (AvgIpc) is 3.00. The molecule has 0 bridgehead atoms. The third-order valence-corrected chi connectivity index (χ3v) is 4.79. The maximum atomic E-state index is 12.5. The number of hydrogen-bond acceptors (Lipinski definition) is 5. The van der Waals surface area contributed by atoms with E-state index < -0.39 is 0 Å². The monoisotopic (exact) mass is 309 g/mol. The van der Waals surface area contributed by atoms with E-state index in [0.29, 0.717) is 5.56 Å². The summed E-state index contributed by atoms with van der Waals surface area (Å²) in [7, 11) is 0. The zero-order valence-electron chi connectivity index (χ0n) is 13.1. The Labute approximate surface area is 135 Å². The summed E-state index contributed by atoms with van der Waals surface area (Å²) in [6, 6.07) is 7.64. The fourth-order valence-corrected chi connectivity index (χ4v) is 3.52. The lowest BCUT2D eigenvalue weighted by Gasteiger charge is -2.48. The van der Waals surface area contributed by atoms with E-state index in [4.69, 9.17) is 0 Å². The summed E-state index contributed by atoms with van der Waals surface area (Å²) in [4.78, 5) is 20.7. The molecule has 1 amide bonds. The largest absolute Gasteiger partial charge is 0.354 e. The van der Waals surface area contributed by atoms with Crippen molar-refractivity contribution in [2.45, 2.75) is 13.3 Å². The Kier molecular flexibility index (Phi) is 3.25. The zero-order chi connectivity index (χ0) is 15.9. The first-order valence-electron chi connectivity index (χ1n) is 7.90. The Morgan fingerprint density at radius 2 is 2.04 bits per heavy atom. The van der Waals surface area contributed by atoms with Gasteiger partial charge in [0.2, 0.25) is 0 Å². The van der Waals surface area contributed by atoms with E-state index in [9.17, 15) is 4.79 Å². The van der Waals surface area contributed by atoms with Crippen molar-refractivity contribution in [1.82, 2.24) is 20.1 Å². The number of nitrogens with zero attached hydrogens (tertiary/aromatic N) is 5. The summed E-state index contributed by atoms with van der Waals surface area (Å²) in [5, 5.41) is 8.36. The quantitative estimate of drug-likeness (QED) is 0.842. The third-order valence-electron chi connectivity index (χ3n) is 4.79. The fourth-order valence-electron chi connectivity index (χ4n) is 3.52. The highest BCUT2D eigenvalue weighted by Crippen LogP contribution is 2.41. The Hall–Kier alpha value is -2.50. The van der Waals surface area contributed by atoms with Crippen LogP contribution in [0.3, 0.4) is 0 Å². The van der Waals surface area contributed by atoms with E-state index in [-0.39, 0.29) is 11.3 Å². The van der Waals surface area contributed by atoms with Crippen molar-refractivity contribution in [2.75, 3.05) is 31.1 Å². The minimum atomic E-state index is 0.0866. The number of anilines is 1. The molecule has 4 rings (SSSR count). The molecule has 4 heterocycles. The minimum Gasteiger partial charge on any atom is -0.354 e. The van der Waals surface area contributed by atoms with Crippen molar-refractivity contribution in [2.24, 2.45) is 5.41 Å². The molecule has 2 fully saturated rings. The molecule has 118 valence electrons. The highest BCUT2D eigenvalue weighted by atomic mass is 16.2. The van der Waals surface area contributed by atoms with Gasteiger partial charge in [0, 0.05) is 44.0 Å². The van der Waals surface area contributed by atoms with Gasteiger partial charge >= 0.3 is 0 Å². The molecule has 2 aromatic heterocycles. The van der Waals surface area contributed by atoms with E-state index in [1.807, 2.05) is 30.0 Å². The Balaban J connectivity index is 1.40. The van der Waals surface area contributed by atoms with Crippen molar-refractivity contribution in [1.29, 1.82) is 0 Å². The lowest BCUT2D eigenvalue weighted by atomic mass is 9.79. The fraction of sp³-hybridized carbons (Fsp3) is 0.412. The van der Waals surface area contributed by atoms with E-state index in [0.717, 1.165) is 44.1 Å². The van der Waals surface area contributed by atoms with Crippen LogP contribution in [0.2, 0.25) is 0 Å². The summed E-state index contributed by atoms with van der Waals surface area (Å²) >= 11 is 0. The normalized spacial score (nSPS) is 19.0. The number of amides is 1. The summed E-state index contributed by atoms with van der Waals surface area (Å²) < 4.78 is 0. The molecule has 0 unspecified atom stereocenters. The molecular weight excluding hydrogens is 290 g/mol. The van der Waals surface area contributed by atoms with Gasteiger partial charge in [-0.1, -0.05) is 0 Å². The van der Waals surface area contributed by atoms with Crippen LogP contribution in [0, 0.1) is 12.3 Å². The van der Waals surface area contributed by atoms with E-state index in [2.05, 4.69) is 20.1 Å². The van der Waals surface area contributed by atoms with E-state index in [1.54, 1.807) is 18.5 Å². The van der Waals surface area contributed by atoms with Gasteiger partial charge in [-0.15, -0.1) is 5.10 Å². The highest BCUT2D eigenvalue weighted by Gasteiger charge is 2.49. The molecular formula is C17H19N5O. The number of pyridine rings is 1. The van der Waals surface area contributed by atoms with Crippen LogP contribution in [-0.2, 0) is 0 Å². The molecule has 1 spiro atoms. The van der Waals surface area contributed by atoms with Crippen molar-refractivity contribution in [3.8, 4) is 0 Å². The number of likely N-dealkylation sites (tertiary alicyclic amines) is 1. The van der Waals surface area contributed by atoms with Gasteiger partial charge in [0.1, 0.15) is 0 Å². The molecule has 6 nitrogen and oxygen atoms in total. The second-order valence-corrected chi connectivity index (χ2v) is 6.61. The van der Waals surface area contributed by atoms with Crippen LogP contribution < -0.4 is 4.90 Å². The minimum absolute atomic E-state index is 0.0866. The molecule has 0 saturated carbocycles. The topological polar surface area (TPSA) is 62.2 Å². The lowest BCUT2D eigenvalue weighted by molar-refractivity contribution is 0.0762. The lowest BCUT2D eigenvalue weighted by Crippen LogP contribution is -2.58. The van der Waals surface area contributed by atoms with Crippen LogP contribution >= 0.6 is 0 Å². The maximum Gasteiger partial charge on any atom is 0.255 e. The first-order valence-corrected chi connectivity index (χ1v) is 7.90. The predicted octanol–water partition coefficient (Wildman–Crippen LogP) is 1.53. The van der Waals surface area contributed by atoms with Crippen molar-refractivity contribution in [3.63, 3.8) is 0 Å². The molecule has 2 aromatic rings. The molecule has 0 aliphatic carbocycles. The Bertz CT molecular complexity index is 710. The second kappa shape index (κ2) is 5.30. The smallest absolute Gasteiger partial charge is 0.255 e. The van der Waals surface area contributed by atoms with E-state index >= 15 is 0 Å². The standard InChI is InChI=1S/C17H19N5O/c1-13-4-5-15(20-19-13)22-11-17(12-22)6-8-21(10-17)16(23)14-3-2-7-18-9-14/h2-5,7,9H,6,8,10-12H2,1H3. The summed E-state index contributed by atoms with van der Waals surface area (Å²) in [6.07, 6.45) is 4.38. The van der Waals surface area contributed by atoms with Gasteiger partial charge in [0.15, 0.2) is 5.82 Å². The molecule has 23 heavy (non-hydrogen) atoms. The third kappa shape index (κ3) is 2.54. The molecule has 0 aromatic carbocycles. The number of rotatable bonds is 2. The predicted molar refractivity (Wildman–Crippen MR) is 86.2 cm³/mol. The molecule has 0 radical (unpaired) electrons. The molecule has 2 saturated heterocycles. The summed E-state index contributed by atoms with van der Waals surface area (Å²) in [5.41, 5.74) is 1.81. The summed E-state index contributed by atoms with van der Waals surface area (Å²) in [6.45, 7) is 5.47. The molecule has 6 heteroatoms. The first-order chi connectivity index (χ1) is 11.2. The van der Waals surface area contributed by atoms with Crippen molar-refractivity contribution in [3.05, 3.63) is 47.9 Å². The van der Waals surface area contributed by atoms with Crippen molar-refractivity contribution >= 4 is 11.7 Å². The Morgan fingerprint density at radius 1 is 1.17 bits per heavy atom. The number of carbonyl (C=O) groups excluding carboxylic acids is 1. The SMILES string of the molecule is Cc1ccc(N2CC3(CCN(C(=O)c4cccnc4)C3)C2)nn1. The Morgan fingerprint density at radius 3 is 2.74 bits per heavy atom. The average molecular weight is 309 g/mol. The van der Waals surface area contributed by atoms with Gasteiger partial charge in [-0.2, -0.15) is 5.10 Å². The van der Waals surface area contributed by atoms with Crippen LogP contribution in [0.4, 0.5) is 5.82 Å². The zero-order valence-corrected chi connectivity index (χ0v) is 13.1. The van der Waals surface area contributed by atoms with Gasteiger partial charge in [0.25, 0.3) is 5.91 Å². The van der Waals surface area contributed by atoms with Gasteiger partial charge in [-0.3, -0.25) is 9.78 Å². The highest BCUT2D eigenvalue weighted by molar-refractivity contribution is 5.94. The summed E-state index contributed by atoms with van der Waals surface area (Å²) in [5.74, 6) is 1.02. The van der Waals surface area contributed by atoms with Crippen LogP contribution in [-0.4, -0.2) is 52.2 Å². The first kappa shape index (κ1) is 14.1. The van der Waals surface area contributed by atoms with Gasteiger partial charge in [-0.05, 0) is 37.6 Å². The maximum absolute atomic E-state index is 12.5. The number of aromatic nitrogens is 3. The molecule has 0 N–H and O–H groups in total. The molecule has 2 aliphatic rings. The van der Waals surface area contributed by atoms with Crippen LogP contribution in [0.1, 0.15) is 22.5 Å². The second-order valence-electron chi connectivity index (χ2n) is 6.61. The number of hydrogen-bond donors (Lipinski definition) is 0. The number of carbonyl (C=O) groups is 1.